The average molecular weight is 266 g/mol. The Balaban J connectivity index is 4.43. The van der Waals surface area contributed by atoms with Gasteiger partial charge in [0.05, 0.1) is 18.8 Å². The quantitative estimate of drug-likeness (QED) is 0.247. The summed E-state index contributed by atoms with van der Waals surface area (Å²) in [4.78, 5) is 12.0. The third-order valence-electron chi connectivity index (χ3n) is 2.72. The van der Waals surface area contributed by atoms with E-state index in [-0.39, 0.29) is 12.6 Å². The molecular weight excluding hydrogens is 240 g/mol. The maximum absolute atomic E-state index is 12.0. The first kappa shape index (κ1) is 17.6. The highest BCUT2D eigenvalue weighted by Gasteiger charge is 2.14. The highest BCUT2D eigenvalue weighted by molar-refractivity contribution is 5.90. The van der Waals surface area contributed by atoms with Gasteiger partial charge in [0.1, 0.15) is 0 Å². The van der Waals surface area contributed by atoms with E-state index in [1.807, 2.05) is 6.92 Å². The van der Waals surface area contributed by atoms with E-state index >= 15 is 0 Å². The Labute approximate surface area is 117 Å². The van der Waals surface area contributed by atoms with Gasteiger partial charge >= 0.3 is 5.97 Å². The van der Waals surface area contributed by atoms with Crippen LogP contribution in [0, 0.1) is 0 Å². The molecule has 3 nitrogen and oxygen atoms in total. The van der Waals surface area contributed by atoms with Crippen LogP contribution in [0.3, 0.4) is 0 Å². The van der Waals surface area contributed by atoms with Crippen LogP contribution >= 0.6 is 0 Å². The molecule has 3 heteroatoms. The molecule has 0 saturated heterocycles. The Morgan fingerprint density at radius 1 is 1.11 bits per heavy atom. The fraction of sp³-hybridized carbons (Fsp3) is 0.562. The van der Waals surface area contributed by atoms with Crippen molar-refractivity contribution in [3.63, 3.8) is 0 Å². The highest BCUT2D eigenvalue weighted by atomic mass is 16.5. The van der Waals surface area contributed by atoms with Crippen LogP contribution in [-0.2, 0) is 14.3 Å². The van der Waals surface area contributed by atoms with Crippen molar-refractivity contribution in [2.24, 2.45) is 0 Å². The smallest absolute Gasteiger partial charge is 0.336 e. The molecule has 0 amide bonds. The first-order valence-corrected chi connectivity index (χ1v) is 6.94. The third kappa shape index (κ3) is 7.62. The van der Waals surface area contributed by atoms with Gasteiger partial charge in [-0.05, 0) is 18.9 Å². The number of hydrogen-bond donors (Lipinski definition) is 0. The van der Waals surface area contributed by atoms with Gasteiger partial charge in [0.15, 0.2) is 0 Å². The summed E-state index contributed by atoms with van der Waals surface area (Å²) in [5.41, 5.74) is 1.16. The lowest BCUT2D eigenvalue weighted by atomic mass is 10.1. The monoisotopic (exact) mass is 266 g/mol. The van der Waals surface area contributed by atoms with Gasteiger partial charge in [0, 0.05) is 6.61 Å². The molecular formula is C16H26O3. The van der Waals surface area contributed by atoms with E-state index in [1.54, 1.807) is 12.2 Å². The normalized spacial score (nSPS) is 9.79. The van der Waals surface area contributed by atoms with E-state index in [4.69, 9.17) is 9.47 Å². The zero-order valence-electron chi connectivity index (χ0n) is 12.2. The minimum absolute atomic E-state index is 0.234. The second kappa shape index (κ2) is 11.7. The van der Waals surface area contributed by atoms with Gasteiger partial charge in [-0.1, -0.05) is 51.5 Å². The van der Waals surface area contributed by atoms with Crippen LogP contribution in [-0.4, -0.2) is 25.8 Å². The number of hydrogen-bond acceptors (Lipinski definition) is 3. The summed E-state index contributed by atoms with van der Waals surface area (Å²) in [5.74, 6) is -0.334. The molecule has 0 bridgehead atoms. The molecule has 19 heavy (non-hydrogen) atoms. The SMILES string of the molecule is C=CC(C=C)=C(COCC)C(=O)OCCCCCC. The minimum atomic E-state index is -0.334. The van der Waals surface area contributed by atoms with Crippen molar-refractivity contribution in [3.05, 3.63) is 36.5 Å². The Morgan fingerprint density at radius 3 is 2.32 bits per heavy atom. The molecule has 0 saturated carbocycles. The Kier molecular flexibility index (Phi) is 10.9. The van der Waals surface area contributed by atoms with Gasteiger partial charge in [-0.25, -0.2) is 4.79 Å². The number of unbranched alkanes of at least 4 members (excludes halogenated alkanes) is 3. The maximum atomic E-state index is 12.0. The van der Waals surface area contributed by atoms with Gasteiger partial charge in [0.25, 0.3) is 0 Å². The summed E-state index contributed by atoms with van der Waals surface area (Å²) in [6.07, 6.45) is 7.52. The van der Waals surface area contributed by atoms with E-state index in [1.165, 1.54) is 12.8 Å². The molecule has 0 aromatic rings. The molecule has 0 radical (unpaired) electrons. The largest absolute Gasteiger partial charge is 0.462 e. The van der Waals surface area contributed by atoms with E-state index in [0.29, 0.717) is 24.4 Å². The second-order valence-corrected chi connectivity index (χ2v) is 4.18. The molecule has 108 valence electrons. The van der Waals surface area contributed by atoms with Crippen molar-refractivity contribution in [1.82, 2.24) is 0 Å². The summed E-state index contributed by atoms with van der Waals surface area (Å²) in [6, 6.07) is 0. The van der Waals surface area contributed by atoms with Crippen molar-refractivity contribution in [2.75, 3.05) is 19.8 Å². The molecule has 0 atom stereocenters. The minimum Gasteiger partial charge on any atom is -0.462 e. The van der Waals surface area contributed by atoms with Crippen LogP contribution in [0.4, 0.5) is 0 Å². The van der Waals surface area contributed by atoms with E-state index in [0.717, 1.165) is 12.8 Å². The third-order valence-corrected chi connectivity index (χ3v) is 2.72. The van der Waals surface area contributed by atoms with Crippen molar-refractivity contribution in [2.45, 2.75) is 39.5 Å². The lowest BCUT2D eigenvalue weighted by molar-refractivity contribution is -0.139. The fourth-order valence-electron chi connectivity index (χ4n) is 1.57. The van der Waals surface area contributed by atoms with E-state index in [9.17, 15) is 4.79 Å². The summed E-state index contributed by atoms with van der Waals surface area (Å²) < 4.78 is 10.6. The average Bonchev–Trinajstić information content (AvgIpc) is 2.43. The van der Waals surface area contributed by atoms with Crippen LogP contribution in [0.25, 0.3) is 0 Å². The molecule has 0 aliphatic heterocycles. The summed E-state index contributed by atoms with van der Waals surface area (Å²) >= 11 is 0. The molecule has 0 spiro atoms. The summed E-state index contributed by atoms with van der Waals surface area (Å²) in [7, 11) is 0. The van der Waals surface area contributed by atoms with Crippen molar-refractivity contribution < 1.29 is 14.3 Å². The second-order valence-electron chi connectivity index (χ2n) is 4.18. The van der Waals surface area contributed by atoms with Crippen LogP contribution in [0.5, 0.6) is 0 Å². The van der Waals surface area contributed by atoms with Gasteiger partial charge in [-0.2, -0.15) is 0 Å². The predicted octanol–water partition coefficient (Wildman–Crippen LogP) is 3.82. The zero-order valence-corrected chi connectivity index (χ0v) is 12.2. The lowest BCUT2D eigenvalue weighted by Gasteiger charge is -2.10. The number of allylic oxidation sites excluding steroid dienone is 3. The van der Waals surface area contributed by atoms with Crippen molar-refractivity contribution in [3.8, 4) is 0 Å². The molecule has 0 aromatic heterocycles. The molecule has 0 heterocycles. The number of ether oxygens (including phenoxy) is 2. The van der Waals surface area contributed by atoms with Gasteiger partial charge in [0.2, 0.25) is 0 Å². The van der Waals surface area contributed by atoms with Crippen LogP contribution in [0.1, 0.15) is 39.5 Å². The first-order chi connectivity index (χ1) is 9.21. The number of rotatable bonds is 11. The van der Waals surface area contributed by atoms with Crippen molar-refractivity contribution in [1.29, 1.82) is 0 Å². The fourth-order valence-corrected chi connectivity index (χ4v) is 1.57. The highest BCUT2D eigenvalue weighted by Crippen LogP contribution is 2.11. The molecule has 0 unspecified atom stereocenters. The van der Waals surface area contributed by atoms with Crippen LogP contribution < -0.4 is 0 Å². The first-order valence-electron chi connectivity index (χ1n) is 6.94. The van der Waals surface area contributed by atoms with Gasteiger partial charge in [-0.15, -0.1) is 0 Å². The maximum Gasteiger partial charge on any atom is 0.336 e. The van der Waals surface area contributed by atoms with Gasteiger partial charge in [-0.3, -0.25) is 0 Å². The number of esters is 1. The summed E-state index contributed by atoms with van der Waals surface area (Å²) in [5, 5.41) is 0. The number of carbonyl (C=O) groups excluding carboxylic acids is 1. The molecule has 0 N–H and O–H groups in total. The molecule has 0 aliphatic carbocycles. The predicted molar refractivity (Wildman–Crippen MR) is 79.0 cm³/mol. The Hall–Kier alpha value is -1.35. The van der Waals surface area contributed by atoms with E-state index < -0.39 is 0 Å². The molecule has 0 fully saturated rings. The Morgan fingerprint density at radius 2 is 1.79 bits per heavy atom. The number of carbonyl (C=O) groups is 1. The van der Waals surface area contributed by atoms with E-state index in [2.05, 4.69) is 20.1 Å². The van der Waals surface area contributed by atoms with Crippen LogP contribution in [0.15, 0.2) is 36.5 Å². The topological polar surface area (TPSA) is 35.5 Å². The standard InChI is InChI=1S/C16H26O3/c1-5-9-10-11-12-19-16(17)15(13-18-8-4)14(6-2)7-3/h6-7H,2-3,5,8-13H2,1,4H3. The van der Waals surface area contributed by atoms with Crippen LogP contribution in [0.2, 0.25) is 0 Å². The Bertz CT molecular complexity index is 306. The summed E-state index contributed by atoms with van der Waals surface area (Å²) in [6.45, 7) is 12.6. The van der Waals surface area contributed by atoms with Crippen molar-refractivity contribution >= 4 is 5.97 Å². The van der Waals surface area contributed by atoms with Gasteiger partial charge < -0.3 is 9.47 Å². The lowest BCUT2D eigenvalue weighted by Crippen LogP contribution is -2.15. The molecule has 0 rings (SSSR count). The molecule has 0 aliphatic rings. The zero-order chi connectivity index (χ0) is 14.5. The molecule has 0 aromatic carbocycles.